The third-order valence-electron chi connectivity index (χ3n) is 1.45. The van der Waals surface area contributed by atoms with E-state index >= 15 is 0 Å². The minimum absolute atomic E-state index is 0.409. The van der Waals surface area contributed by atoms with E-state index in [9.17, 15) is 14.0 Å². The molecule has 0 saturated heterocycles. The van der Waals surface area contributed by atoms with Crippen molar-refractivity contribution >= 4 is 11.9 Å². The van der Waals surface area contributed by atoms with Gasteiger partial charge in [-0.25, -0.2) is 4.39 Å². The predicted octanol–water partition coefficient (Wildman–Crippen LogP) is -0.397. The second-order valence-electron chi connectivity index (χ2n) is 2.49. The van der Waals surface area contributed by atoms with Gasteiger partial charge in [-0.15, -0.1) is 0 Å². The summed E-state index contributed by atoms with van der Waals surface area (Å²) >= 11 is 0. The van der Waals surface area contributed by atoms with Gasteiger partial charge in [-0.3, -0.25) is 9.59 Å². The van der Waals surface area contributed by atoms with E-state index < -0.39 is 37.0 Å². The summed E-state index contributed by atoms with van der Waals surface area (Å²) in [7, 11) is 0. The Morgan fingerprint density at radius 1 is 1.42 bits per heavy atom. The zero-order chi connectivity index (χ0) is 9.78. The average Bonchev–Trinajstić information content (AvgIpc) is 1.99. The van der Waals surface area contributed by atoms with E-state index in [1.807, 2.05) is 0 Å². The molecule has 0 unspecified atom stereocenters. The summed E-state index contributed by atoms with van der Waals surface area (Å²) < 4.78 is 12.0. The number of halogens is 1. The zero-order valence-corrected chi connectivity index (χ0v) is 6.29. The molecule has 1 atom stereocenters. The van der Waals surface area contributed by atoms with Gasteiger partial charge in [0, 0.05) is 6.42 Å². The lowest BCUT2D eigenvalue weighted by Crippen LogP contribution is -2.50. The van der Waals surface area contributed by atoms with Crippen molar-refractivity contribution in [1.29, 1.82) is 0 Å². The van der Waals surface area contributed by atoms with Crippen LogP contribution in [0.4, 0.5) is 4.39 Å². The molecule has 0 bridgehead atoms. The van der Waals surface area contributed by atoms with Crippen LogP contribution < -0.4 is 5.73 Å². The van der Waals surface area contributed by atoms with Crippen molar-refractivity contribution in [3.63, 3.8) is 0 Å². The molecule has 70 valence electrons. The first-order chi connectivity index (χ1) is 5.42. The van der Waals surface area contributed by atoms with E-state index in [1.165, 1.54) is 0 Å². The van der Waals surface area contributed by atoms with Crippen LogP contribution in [0.1, 0.15) is 12.8 Å². The molecule has 0 amide bonds. The maximum Gasteiger partial charge on any atom is 0.326 e. The van der Waals surface area contributed by atoms with Gasteiger partial charge < -0.3 is 15.9 Å². The van der Waals surface area contributed by atoms with Gasteiger partial charge in [-0.05, 0) is 6.42 Å². The Labute approximate surface area is 68.0 Å². The SMILES string of the molecule is N[C@](CF)(CCC(=O)O)C(=O)O. The summed E-state index contributed by atoms with van der Waals surface area (Å²) in [6.45, 7) is -1.27. The van der Waals surface area contributed by atoms with Crippen molar-refractivity contribution in [3.05, 3.63) is 0 Å². The summed E-state index contributed by atoms with van der Waals surface area (Å²) in [5.41, 5.74) is 2.99. The topological polar surface area (TPSA) is 101 Å². The van der Waals surface area contributed by atoms with Gasteiger partial charge in [-0.2, -0.15) is 0 Å². The molecule has 0 saturated carbocycles. The van der Waals surface area contributed by atoms with Crippen LogP contribution in [0.15, 0.2) is 0 Å². The van der Waals surface area contributed by atoms with Crippen molar-refractivity contribution in [2.75, 3.05) is 6.67 Å². The summed E-state index contributed by atoms with van der Waals surface area (Å²) in [5, 5.41) is 16.6. The number of aliphatic carboxylic acids is 2. The quantitative estimate of drug-likeness (QED) is 0.533. The first kappa shape index (κ1) is 10.8. The highest BCUT2D eigenvalue weighted by atomic mass is 19.1. The van der Waals surface area contributed by atoms with E-state index in [2.05, 4.69) is 0 Å². The van der Waals surface area contributed by atoms with Crippen molar-refractivity contribution < 1.29 is 24.2 Å². The molecule has 12 heavy (non-hydrogen) atoms. The highest BCUT2D eigenvalue weighted by Gasteiger charge is 2.34. The highest BCUT2D eigenvalue weighted by molar-refractivity contribution is 5.79. The Bertz CT molecular complexity index is 196. The maximum atomic E-state index is 12.0. The lowest BCUT2D eigenvalue weighted by atomic mass is 9.97. The summed E-state index contributed by atoms with van der Waals surface area (Å²) in [4.78, 5) is 20.3. The third-order valence-corrected chi connectivity index (χ3v) is 1.45. The Morgan fingerprint density at radius 3 is 2.17 bits per heavy atom. The number of alkyl halides is 1. The molecule has 5 nitrogen and oxygen atoms in total. The largest absolute Gasteiger partial charge is 0.481 e. The van der Waals surface area contributed by atoms with Crippen LogP contribution in [0.3, 0.4) is 0 Å². The molecule has 0 aromatic carbocycles. The summed E-state index contributed by atoms with van der Waals surface area (Å²) in [6.07, 6.45) is -0.860. The highest BCUT2D eigenvalue weighted by Crippen LogP contribution is 2.10. The second kappa shape index (κ2) is 4.01. The standard InChI is InChI=1S/C6H10FNO4/c7-3-6(8,5(11)12)2-1-4(9)10/h1-3,8H2,(H,9,10)(H,11,12)/t6-/m0/s1. The van der Waals surface area contributed by atoms with Crippen LogP contribution in [0.25, 0.3) is 0 Å². The van der Waals surface area contributed by atoms with E-state index in [0.29, 0.717) is 0 Å². The van der Waals surface area contributed by atoms with Crippen molar-refractivity contribution in [1.82, 2.24) is 0 Å². The lowest BCUT2D eigenvalue weighted by molar-refractivity contribution is -0.145. The molecule has 6 heteroatoms. The van der Waals surface area contributed by atoms with Crippen molar-refractivity contribution in [3.8, 4) is 0 Å². The monoisotopic (exact) mass is 179 g/mol. The van der Waals surface area contributed by atoms with Gasteiger partial charge in [-0.1, -0.05) is 0 Å². The number of carboxylic acid groups (broad SMARTS) is 2. The van der Waals surface area contributed by atoms with Crippen molar-refractivity contribution in [2.45, 2.75) is 18.4 Å². The molecular formula is C6H10FNO4. The van der Waals surface area contributed by atoms with Crippen LogP contribution in [0.5, 0.6) is 0 Å². The van der Waals surface area contributed by atoms with Gasteiger partial charge in [0.15, 0.2) is 0 Å². The fraction of sp³-hybridized carbons (Fsp3) is 0.667. The molecule has 0 rings (SSSR count). The van der Waals surface area contributed by atoms with Gasteiger partial charge in [0.25, 0.3) is 0 Å². The first-order valence-electron chi connectivity index (χ1n) is 3.22. The first-order valence-corrected chi connectivity index (χ1v) is 3.22. The normalized spacial score (nSPS) is 15.2. The molecule has 0 aromatic heterocycles. The van der Waals surface area contributed by atoms with Crippen LogP contribution in [-0.2, 0) is 9.59 Å². The number of hydrogen-bond donors (Lipinski definition) is 3. The average molecular weight is 179 g/mol. The van der Waals surface area contributed by atoms with Gasteiger partial charge in [0.2, 0.25) is 0 Å². The van der Waals surface area contributed by atoms with Gasteiger partial charge in [0.05, 0.1) is 0 Å². The van der Waals surface area contributed by atoms with Gasteiger partial charge in [0.1, 0.15) is 12.2 Å². The molecular weight excluding hydrogens is 169 g/mol. The Kier molecular flexibility index (Phi) is 3.62. The molecule has 0 spiro atoms. The predicted molar refractivity (Wildman–Crippen MR) is 37.4 cm³/mol. The van der Waals surface area contributed by atoms with E-state index in [0.717, 1.165) is 0 Å². The molecule has 0 aliphatic carbocycles. The summed E-state index contributed by atoms with van der Waals surface area (Å²) in [5.74, 6) is -2.72. The number of nitrogens with two attached hydrogens (primary N) is 1. The van der Waals surface area contributed by atoms with Crippen LogP contribution >= 0.6 is 0 Å². The third kappa shape index (κ3) is 2.83. The fourth-order valence-corrected chi connectivity index (χ4v) is 0.561. The number of carboxylic acids is 2. The van der Waals surface area contributed by atoms with E-state index in [-0.39, 0.29) is 0 Å². The van der Waals surface area contributed by atoms with Crippen molar-refractivity contribution in [2.24, 2.45) is 5.73 Å². The molecule has 0 aliphatic heterocycles. The Balaban J connectivity index is 4.15. The molecule has 0 radical (unpaired) electrons. The molecule has 0 heterocycles. The summed E-state index contributed by atoms with van der Waals surface area (Å²) in [6, 6.07) is 0. The number of hydrogen-bond acceptors (Lipinski definition) is 3. The zero-order valence-electron chi connectivity index (χ0n) is 6.29. The van der Waals surface area contributed by atoms with Crippen LogP contribution in [0, 0.1) is 0 Å². The second-order valence-corrected chi connectivity index (χ2v) is 2.49. The number of rotatable bonds is 5. The van der Waals surface area contributed by atoms with Gasteiger partial charge >= 0.3 is 11.9 Å². The Morgan fingerprint density at radius 2 is 1.92 bits per heavy atom. The maximum absolute atomic E-state index is 12.0. The molecule has 4 N–H and O–H groups in total. The number of carbonyl (C=O) groups is 2. The Hall–Kier alpha value is -1.17. The minimum atomic E-state index is -2.06. The van der Waals surface area contributed by atoms with E-state index in [4.69, 9.17) is 15.9 Å². The lowest BCUT2D eigenvalue weighted by Gasteiger charge is -2.19. The minimum Gasteiger partial charge on any atom is -0.481 e. The van der Waals surface area contributed by atoms with Crippen LogP contribution in [0.2, 0.25) is 0 Å². The smallest absolute Gasteiger partial charge is 0.326 e. The van der Waals surface area contributed by atoms with E-state index in [1.54, 1.807) is 0 Å². The van der Waals surface area contributed by atoms with Crippen LogP contribution in [-0.4, -0.2) is 34.4 Å². The molecule has 0 aliphatic rings. The molecule has 0 aromatic rings. The fourth-order valence-electron chi connectivity index (χ4n) is 0.561. The molecule has 0 fully saturated rings.